The van der Waals surface area contributed by atoms with Crippen molar-refractivity contribution in [2.45, 2.75) is 59.3 Å². The summed E-state index contributed by atoms with van der Waals surface area (Å²) in [5, 5.41) is 0. The van der Waals surface area contributed by atoms with Gasteiger partial charge >= 0.3 is 35.9 Å². The van der Waals surface area contributed by atoms with Gasteiger partial charge in [0.2, 0.25) is 0 Å². The van der Waals surface area contributed by atoms with Crippen LogP contribution < -0.4 is 0 Å². The van der Waals surface area contributed by atoms with E-state index in [9.17, 15) is 0 Å². The molecule has 0 aromatic heterocycles. The van der Waals surface area contributed by atoms with E-state index in [4.69, 9.17) is 0 Å². The Morgan fingerprint density at radius 2 is 0.786 bits per heavy atom. The third-order valence-electron chi connectivity index (χ3n) is 1.06. The van der Waals surface area contributed by atoms with Gasteiger partial charge in [0.1, 0.15) is 0 Å². The number of hydrogen-bond acceptors (Lipinski definition) is 0. The summed E-state index contributed by atoms with van der Waals surface area (Å²) in [4.78, 5) is 0. The molecule has 0 heterocycles. The summed E-state index contributed by atoms with van der Waals surface area (Å²) in [7, 11) is 0. The van der Waals surface area contributed by atoms with Gasteiger partial charge in [-0.25, -0.2) is 0 Å². The average Bonchev–Trinajstić information content (AvgIpc) is 2.31. The molecular weight excluding hydrogens is 319 g/mol. The van der Waals surface area contributed by atoms with Crippen molar-refractivity contribution in [1.82, 2.24) is 0 Å². The van der Waals surface area contributed by atoms with Crippen LogP contribution in [0.25, 0.3) is 0 Å². The van der Waals surface area contributed by atoms with Crippen LogP contribution in [-0.2, 0) is 16.7 Å². The SMILES string of the molecule is [CH2-]CCC.[CH2-]CCC.[CH2-]CCC.[Ti+3][I]. The molecule has 0 nitrogen and oxygen atoms in total. The molecule has 0 aromatic rings. The van der Waals surface area contributed by atoms with Crippen LogP contribution in [0.2, 0.25) is 0 Å². The Bertz CT molecular complexity index is 25.8. The van der Waals surface area contributed by atoms with Gasteiger partial charge in [0.25, 0.3) is 0 Å². The van der Waals surface area contributed by atoms with E-state index in [2.05, 4.69) is 60.7 Å². The minimum atomic E-state index is 1.07. The van der Waals surface area contributed by atoms with Crippen LogP contribution in [0.1, 0.15) is 59.3 Å². The monoisotopic (exact) mass is 346 g/mol. The molecule has 0 saturated carbocycles. The van der Waals surface area contributed by atoms with E-state index in [1.807, 2.05) is 16.7 Å². The first-order valence-electron chi connectivity index (χ1n) is 5.31. The van der Waals surface area contributed by atoms with E-state index in [1.165, 1.54) is 19.3 Å². The summed E-state index contributed by atoms with van der Waals surface area (Å²) in [6.45, 7) is 17.2. The Morgan fingerprint density at radius 3 is 0.786 bits per heavy atom. The van der Waals surface area contributed by atoms with Crippen molar-refractivity contribution in [2.24, 2.45) is 0 Å². The second kappa shape index (κ2) is 47.1. The molecule has 0 spiro atoms. The maximum absolute atomic E-state index is 3.60. The Morgan fingerprint density at radius 1 is 0.714 bits per heavy atom. The number of unbranched alkanes of at least 4 members (excludes halogenated alkanes) is 3. The van der Waals surface area contributed by atoms with Crippen LogP contribution in [-0.4, -0.2) is 0 Å². The molecule has 0 aliphatic rings. The average molecular weight is 346 g/mol. The Balaban J connectivity index is -0.0000000492. The van der Waals surface area contributed by atoms with E-state index in [-0.39, 0.29) is 0 Å². The van der Waals surface area contributed by atoms with Crippen molar-refractivity contribution in [3.63, 3.8) is 0 Å². The van der Waals surface area contributed by atoms with Crippen LogP contribution in [0.4, 0.5) is 0 Å². The number of halogens is 1. The fourth-order valence-corrected chi connectivity index (χ4v) is 0. The first-order chi connectivity index (χ1) is 6.74. The molecule has 0 radical (unpaired) electrons. The molecule has 0 amide bonds. The molecule has 0 N–H and O–H groups in total. The standard InChI is InChI=1S/3C4H9.HI.Ti/c3*1-3-4-2;;/h3*1,3-4H2,2H3;1H;/q3*-1;;+4/p-1. The van der Waals surface area contributed by atoms with E-state index < -0.39 is 0 Å². The molecule has 0 rings (SSSR count). The van der Waals surface area contributed by atoms with Gasteiger partial charge in [-0.3, -0.25) is 0 Å². The maximum atomic E-state index is 3.60. The third-order valence-corrected chi connectivity index (χ3v) is 1.06. The third kappa shape index (κ3) is 105. The minimum absolute atomic E-state index is 1.07. The van der Waals surface area contributed by atoms with Crippen LogP contribution in [0.15, 0.2) is 0 Å². The van der Waals surface area contributed by atoms with Crippen molar-refractivity contribution < 1.29 is 16.7 Å². The van der Waals surface area contributed by atoms with Crippen molar-refractivity contribution in [2.75, 3.05) is 0 Å². The van der Waals surface area contributed by atoms with Crippen LogP contribution in [0, 0.1) is 20.8 Å². The predicted molar refractivity (Wildman–Crippen MR) is 74.8 cm³/mol. The van der Waals surface area contributed by atoms with E-state index in [0.29, 0.717) is 0 Å². The number of hydrogen-bond donors (Lipinski definition) is 0. The van der Waals surface area contributed by atoms with Gasteiger partial charge in [0.05, 0.1) is 0 Å². The van der Waals surface area contributed by atoms with Crippen molar-refractivity contribution >= 4 is 19.2 Å². The Labute approximate surface area is 115 Å². The van der Waals surface area contributed by atoms with Gasteiger partial charge in [-0.2, -0.15) is 19.3 Å². The summed E-state index contributed by atoms with van der Waals surface area (Å²) >= 11 is 4.12. The molecule has 0 aliphatic heterocycles. The molecule has 2 heteroatoms. The van der Waals surface area contributed by atoms with Crippen molar-refractivity contribution in [1.29, 1.82) is 0 Å². The molecule has 0 unspecified atom stereocenters. The van der Waals surface area contributed by atoms with Gasteiger partial charge in [-0.15, -0.1) is 0 Å². The summed E-state index contributed by atoms with van der Waals surface area (Å²) < 4.78 is 0. The fourth-order valence-electron chi connectivity index (χ4n) is 0. The van der Waals surface area contributed by atoms with E-state index in [0.717, 1.165) is 19.3 Å². The van der Waals surface area contributed by atoms with Gasteiger partial charge in [0.15, 0.2) is 0 Å². The molecule has 0 fully saturated rings. The zero-order chi connectivity index (χ0) is 12.2. The molecule has 0 bridgehead atoms. The normalized spacial score (nSPS) is 6.93. The molecule has 0 saturated heterocycles. The summed E-state index contributed by atoms with van der Waals surface area (Å²) in [5.41, 5.74) is 0. The van der Waals surface area contributed by atoms with E-state index in [1.54, 1.807) is 0 Å². The van der Waals surface area contributed by atoms with Gasteiger partial charge in [0, 0.05) is 0 Å². The summed E-state index contributed by atoms with van der Waals surface area (Å²) in [6, 6.07) is 0. The van der Waals surface area contributed by atoms with Gasteiger partial charge in [-0.1, -0.05) is 40.0 Å². The topological polar surface area (TPSA) is 0 Å². The van der Waals surface area contributed by atoms with Crippen LogP contribution in [0.5, 0.6) is 0 Å². The van der Waals surface area contributed by atoms with Crippen molar-refractivity contribution in [3.8, 4) is 0 Å². The van der Waals surface area contributed by atoms with E-state index >= 15 is 0 Å². The van der Waals surface area contributed by atoms with Gasteiger partial charge < -0.3 is 20.8 Å². The first-order valence-corrected chi connectivity index (χ1v) is 10.3. The zero-order valence-electron chi connectivity index (χ0n) is 10.2. The van der Waals surface area contributed by atoms with Crippen LogP contribution in [0.3, 0.4) is 0 Å². The second-order valence-corrected chi connectivity index (χ2v) is 2.56. The first kappa shape index (κ1) is 24.6. The van der Waals surface area contributed by atoms with Crippen LogP contribution >= 0.6 is 19.2 Å². The Kier molecular flexibility index (Phi) is 82.8. The summed E-state index contributed by atoms with van der Waals surface area (Å²) in [5.74, 6) is 0. The summed E-state index contributed by atoms with van der Waals surface area (Å²) in [6.07, 6.45) is 6.83. The second-order valence-electron chi connectivity index (χ2n) is 2.56. The van der Waals surface area contributed by atoms with Crippen molar-refractivity contribution in [3.05, 3.63) is 20.8 Å². The molecule has 86 valence electrons. The molecular formula is C12H27ITi. The molecule has 0 atom stereocenters. The number of rotatable bonds is 3. The quantitative estimate of drug-likeness (QED) is 0.347. The molecule has 14 heavy (non-hydrogen) atoms. The zero-order valence-corrected chi connectivity index (χ0v) is 14.0. The molecule has 0 aromatic carbocycles. The molecule has 0 aliphatic carbocycles. The Hall–Kier alpha value is 1.44. The fraction of sp³-hybridized carbons (Fsp3) is 0.750. The van der Waals surface area contributed by atoms with Gasteiger partial charge in [-0.05, 0) is 0 Å². The predicted octanol–water partition coefficient (Wildman–Crippen LogP) is 5.74.